The first kappa shape index (κ1) is 20.3. The highest BCUT2D eigenvalue weighted by Gasteiger charge is 2.28. The number of imide groups is 1. The zero-order valence-electron chi connectivity index (χ0n) is 16.3. The molecule has 0 aliphatic carbocycles. The normalized spacial score (nSPS) is 21.3. The van der Waals surface area contributed by atoms with E-state index < -0.39 is 5.92 Å². The summed E-state index contributed by atoms with van der Waals surface area (Å²) < 4.78 is 5.97. The second-order valence-electron chi connectivity index (χ2n) is 7.48. The smallest absolute Gasteiger partial charge is 0.230 e. The Hall–Kier alpha value is -2.47. The van der Waals surface area contributed by atoms with E-state index in [0.29, 0.717) is 24.5 Å². The molecular formula is C22H28N2O4. The van der Waals surface area contributed by atoms with Crippen molar-refractivity contribution in [3.05, 3.63) is 41.7 Å². The van der Waals surface area contributed by atoms with Gasteiger partial charge in [-0.3, -0.25) is 19.7 Å². The van der Waals surface area contributed by atoms with E-state index in [4.69, 9.17) is 4.74 Å². The van der Waals surface area contributed by atoms with Crippen molar-refractivity contribution in [2.24, 2.45) is 5.92 Å². The molecule has 150 valence electrons. The maximum atomic E-state index is 12.4. The molecule has 2 saturated heterocycles. The molecule has 2 aliphatic heterocycles. The van der Waals surface area contributed by atoms with Gasteiger partial charge in [0.25, 0.3) is 0 Å². The van der Waals surface area contributed by atoms with Crippen molar-refractivity contribution in [2.75, 3.05) is 13.1 Å². The summed E-state index contributed by atoms with van der Waals surface area (Å²) in [5.74, 6) is 0.636. The average Bonchev–Trinajstić information content (AvgIpc) is 2.70. The van der Waals surface area contributed by atoms with Crippen LogP contribution in [0.25, 0.3) is 0 Å². The number of piperidine rings is 2. The first-order chi connectivity index (χ1) is 13.5. The summed E-state index contributed by atoms with van der Waals surface area (Å²) in [6.45, 7) is 4.00. The Kier molecular flexibility index (Phi) is 6.98. The van der Waals surface area contributed by atoms with E-state index in [2.05, 4.69) is 22.8 Å². The topological polar surface area (TPSA) is 84.5 Å². The van der Waals surface area contributed by atoms with Crippen molar-refractivity contribution in [2.45, 2.75) is 51.4 Å². The molecule has 2 heterocycles. The number of rotatable bonds is 7. The van der Waals surface area contributed by atoms with Crippen LogP contribution < -0.4 is 15.4 Å². The molecule has 2 amide bonds. The van der Waals surface area contributed by atoms with Gasteiger partial charge in [-0.2, -0.15) is 0 Å². The van der Waals surface area contributed by atoms with E-state index in [9.17, 15) is 14.4 Å². The third kappa shape index (κ3) is 5.52. The van der Waals surface area contributed by atoms with Crippen LogP contribution in [0.5, 0.6) is 5.75 Å². The lowest BCUT2D eigenvalue weighted by molar-refractivity contribution is -0.138. The molecule has 0 saturated carbocycles. The number of allylic oxidation sites excluding steroid dienone is 2. The number of hydrogen-bond donors (Lipinski definition) is 2. The molecule has 28 heavy (non-hydrogen) atoms. The van der Waals surface area contributed by atoms with E-state index in [-0.39, 0.29) is 30.4 Å². The monoisotopic (exact) mass is 384 g/mol. The lowest BCUT2D eigenvalue weighted by Gasteiger charge is -2.23. The minimum Gasteiger partial charge on any atom is -0.462 e. The van der Waals surface area contributed by atoms with Gasteiger partial charge in [0.05, 0.1) is 0 Å². The Labute approximate surface area is 165 Å². The van der Waals surface area contributed by atoms with Gasteiger partial charge >= 0.3 is 0 Å². The Morgan fingerprint density at radius 3 is 2.71 bits per heavy atom. The first-order valence-corrected chi connectivity index (χ1v) is 10.1. The maximum Gasteiger partial charge on any atom is 0.230 e. The minimum absolute atomic E-state index is 0.0983. The van der Waals surface area contributed by atoms with Crippen molar-refractivity contribution in [3.8, 4) is 5.75 Å². The van der Waals surface area contributed by atoms with Crippen LogP contribution in [-0.4, -0.2) is 30.7 Å². The summed E-state index contributed by atoms with van der Waals surface area (Å²) in [5.41, 5.74) is 1.27. The Balaban J connectivity index is 1.62. The maximum absolute atomic E-state index is 12.4. The molecule has 1 unspecified atom stereocenters. The van der Waals surface area contributed by atoms with E-state index in [1.807, 2.05) is 19.1 Å². The highest BCUT2D eigenvalue weighted by atomic mass is 16.5. The molecule has 0 aromatic heterocycles. The summed E-state index contributed by atoms with van der Waals surface area (Å²) in [6.07, 6.45) is 5.11. The standard InChI is InChI=1S/C22H28N2O4/c1-2-19(14-18(25)12-17-6-7-21(26)24-22(17)27)28-20-5-3-4-16(13-20)15-8-10-23-11-9-15/h3-5,13-15,17,23H,2,6-12H2,1H3,(H,24,26,27)/b19-14+. The highest BCUT2D eigenvalue weighted by Crippen LogP contribution is 2.28. The average molecular weight is 384 g/mol. The fourth-order valence-electron chi connectivity index (χ4n) is 3.76. The molecule has 0 radical (unpaired) electrons. The SMILES string of the molecule is CC/C(=C\C(=O)CC1CCC(=O)NC1=O)Oc1cccc(C2CCNCC2)c1. The number of amides is 2. The predicted molar refractivity (Wildman–Crippen MR) is 106 cm³/mol. The Morgan fingerprint density at radius 2 is 2.00 bits per heavy atom. The molecular weight excluding hydrogens is 356 g/mol. The summed E-state index contributed by atoms with van der Waals surface area (Å²) in [6, 6.07) is 8.08. The van der Waals surface area contributed by atoms with Crippen LogP contribution >= 0.6 is 0 Å². The number of ether oxygens (including phenoxy) is 1. The number of ketones is 1. The van der Waals surface area contributed by atoms with Crippen LogP contribution in [0, 0.1) is 5.92 Å². The van der Waals surface area contributed by atoms with E-state index in [1.165, 1.54) is 11.6 Å². The van der Waals surface area contributed by atoms with Crippen molar-refractivity contribution in [1.82, 2.24) is 10.6 Å². The molecule has 1 atom stereocenters. The molecule has 1 aromatic carbocycles. The zero-order valence-corrected chi connectivity index (χ0v) is 16.3. The summed E-state index contributed by atoms with van der Waals surface area (Å²) in [4.78, 5) is 35.4. The number of nitrogens with one attached hydrogen (secondary N) is 2. The summed E-state index contributed by atoms with van der Waals surface area (Å²) in [5, 5.41) is 5.67. The number of carbonyl (C=O) groups excluding carboxylic acids is 3. The molecule has 0 spiro atoms. The predicted octanol–water partition coefficient (Wildman–Crippen LogP) is 2.84. The third-order valence-electron chi connectivity index (χ3n) is 5.39. The molecule has 2 aliphatic rings. The summed E-state index contributed by atoms with van der Waals surface area (Å²) >= 11 is 0. The lowest BCUT2D eigenvalue weighted by Crippen LogP contribution is -2.41. The quantitative estimate of drug-likeness (QED) is 0.429. The van der Waals surface area contributed by atoms with Crippen LogP contribution in [-0.2, 0) is 14.4 Å². The first-order valence-electron chi connectivity index (χ1n) is 10.1. The van der Waals surface area contributed by atoms with Crippen LogP contribution in [0.3, 0.4) is 0 Å². The second kappa shape index (κ2) is 9.64. The van der Waals surface area contributed by atoms with Crippen LogP contribution in [0.15, 0.2) is 36.1 Å². The fourth-order valence-corrected chi connectivity index (χ4v) is 3.76. The van der Waals surface area contributed by atoms with Gasteiger partial charge in [0, 0.05) is 31.3 Å². The Morgan fingerprint density at radius 1 is 1.21 bits per heavy atom. The Bertz CT molecular complexity index is 766. The zero-order chi connectivity index (χ0) is 19.9. The molecule has 2 N–H and O–H groups in total. The van der Waals surface area contributed by atoms with Gasteiger partial charge in [0.15, 0.2) is 5.78 Å². The van der Waals surface area contributed by atoms with E-state index >= 15 is 0 Å². The van der Waals surface area contributed by atoms with Gasteiger partial charge in [-0.25, -0.2) is 0 Å². The van der Waals surface area contributed by atoms with E-state index in [0.717, 1.165) is 31.7 Å². The number of benzene rings is 1. The molecule has 0 bridgehead atoms. The van der Waals surface area contributed by atoms with Gasteiger partial charge in [0.1, 0.15) is 11.5 Å². The van der Waals surface area contributed by atoms with Crippen molar-refractivity contribution in [1.29, 1.82) is 0 Å². The molecule has 2 fully saturated rings. The van der Waals surface area contributed by atoms with Gasteiger partial charge in [-0.15, -0.1) is 0 Å². The van der Waals surface area contributed by atoms with Gasteiger partial charge in [-0.05, 0) is 56.0 Å². The van der Waals surface area contributed by atoms with E-state index in [1.54, 1.807) is 0 Å². The van der Waals surface area contributed by atoms with Crippen molar-refractivity contribution >= 4 is 17.6 Å². The van der Waals surface area contributed by atoms with Crippen LogP contribution in [0.2, 0.25) is 0 Å². The van der Waals surface area contributed by atoms with Gasteiger partial charge < -0.3 is 10.1 Å². The van der Waals surface area contributed by atoms with Gasteiger partial charge in [0.2, 0.25) is 11.8 Å². The molecule has 6 nitrogen and oxygen atoms in total. The second-order valence-corrected chi connectivity index (χ2v) is 7.48. The molecule has 1 aromatic rings. The number of carbonyl (C=O) groups is 3. The highest BCUT2D eigenvalue weighted by molar-refractivity contribution is 6.01. The van der Waals surface area contributed by atoms with Gasteiger partial charge in [-0.1, -0.05) is 19.1 Å². The fraction of sp³-hybridized carbons (Fsp3) is 0.500. The lowest BCUT2D eigenvalue weighted by atomic mass is 9.90. The minimum atomic E-state index is -0.442. The van der Waals surface area contributed by atoms with Crippen LogP contribution in [0.4, 0.5) is 0 Å². The van der Waals surface area contributed by atoms with Crippen LogP contribution in [0.1, 0.15) is 56.9 Å². The largest absolute Gasteiger partial charge is 0.462 e. The summed E-state index contributed by atoms with van der Waals surface area (Å²) in [7, 11) is 0. The molecule has 3 rings (SSSR count). The number of hydrogen-bond acceptors (Lipinski definition) is 5. The van der Waals surface area contributed by atoms with Crippen molar-refractivity contribution in [3.63, 3.8) is 0 Å². The van der Waals surface area contributed by atoms with Crippen molar-refractivity contribution < 1.29 is 19.1 Å². The third-order valence-corrected chi connectivity index (χ3v) is 5.39. The molecule has 6 heteroatoms.